The third kappa shape index (κ3) is 8.37. The van der Waals surface area contributed by atoms with Crippen molar-refractivity contribution in [1.29, 1.82) is 0 Å². The van der Waals surface area contributed by atoms with Crippen LogP contribution in [-0.2, 0) is 16.1 Å². The molecule has 3 amide bonds. The van der Waals surface area contributed by atoms with Crippen molar-refractivity contribution >= 4 is 35.4 Å². The van der Waals surface area contributed by atoms with Gasteiger partial charge in [0.1, 0.15) is 17.5 Å². The number of nitrogens with zero attached hydrogens (tertiary/aromatic N) is 1. The Morgan fingerprint density at radius 2 is 1.82 bits per heavy atom. The summed E-state index contributed by atoms with van der Waals surface area (Å²) in [6, 6.07) is 10.3. The van der Waals surface area contributed by atoms with Gasteiger partial charge in [-0.25, -0.2) is 9.18 Å². The minimum atomic E-state index is -4.36. The molecule has 0 aromatic heterocycles. The minimum Gasteiger partial charge on any atom is -0.444 e. The summed E-state index contributed by atoms with van der Waals surface area (Å²) in [5, 5.41) is 4.88. The van der Waals surface area contributed by atoms with E-state index < -0.39 is 53.5 Å². The number of rotatable bonds is 7. The highest BCUT2D eigenvalue weighted by Crippen LogP contribution is 2.37. The van der Waals surface area contributed by atoms with Crippen LogP contribution in [0.3, 0.4) is 0 Å². The molecule has 1 atom stereocenters. The molecule has 1 aliphatic heterocycles. The van der Waals surface area contributed by atoms with Gasteiger partial charge in [-0.2, -0.15) is 13.2 Å². The molecule has 0 saturated heterocycles. The van der Waals surface area contributed by atoms with Crippen LogP contribution in [-0.4, -0.2) is 48.0 Å². The number of carbonyl (C=O) groups excluding carboxylic acids is 3. The van der Waals surface area contributed by atoms with Gasteiger partial charge in [-0.05, 0) is 44.9 Å². The van der Waals surface area contributed by atoms with Gasteiger partial charge in [-0.1, -0.05) is 30.3 Å². The van der Waals surface area contributed by atoms with Crippen LogP contribution in [0.15, 0.2) is 47.4 Å². The molecule has 3 rings (SSSR count). The van der Waals surface area contributed by atoms with Gasteiger partial charge in [-0.3, -0.25) is 9.59 Å². The first kappa shape index (κ1) is 29.3. The second-order valence-electron chi connectivity index (χ2n) is 9.69. The lowest BCUT2D eigenvalue weighted by Gasteiger charge is -2.27. The summed E-state index contributed by atoms with van der Waals surface area (Å²) in [5.41, 5.74) is -0.194. The number of amides is 3. The highest BCUT2D eigenvalue weighted by molar-refractivity contribution is 7.99. The first-order valence-corrected chi connectivity index (χ1v) is 12.9. The van der Waals surface area contributed by atoms with Crippen LogP contribution in [0.4, 0.5) is 28.0 Å². The van der Waals surface area contributed by atoms with E-state index in [1.54, 1.807) is 51.1 Å². The van der Waals surface area contributed by atoms with Crippen molar-refractivity contribution in [2.24, 2.45) is 0 Å². The van der Waals surface area contributed by atoms with Gasteiger partial charge in [0.05, 0.1) is 17.8 Å². The monoisotopic (exact) mass is 555 g/mol. The number of hydrogen-bond donors (Lipinski definition) is 2. The number of nitrogens with one attached hydrogen (secondary N) is 2. The molecule has 0 bridgehead atoms. The molecular formula is C26H29F4N3O4S. The van der Waals surface area contributed by atoms with Crippen molar-refractivity contribution in [1.82, 2.24) is 10.6 Å². The van der Waals surface area contributed by atoms with E-state index in [2.05, 4.69) is 10.6 Å². The number of fused-ring (bicyclic) bond motifs is 1. The lowest BCUT2D eigenvalue weighted by Crippen LogP contribution is -2.50. The fraction of sp³-hybridized carbons (Fsp3) is 0.423. The molecule has 0 fully saturated rings. The predicted octanol–water partition coefficient (Wildman–Crippen LogP) is 5.43. The lowest BCUT2D eigenvalue weighted by molar-refractivity contribution is -0.135. The summed E-state index contributed by atoms with van der Waals surface area (Å²) in [7, 11) is 0. The normalized spacial score (nSPS) is 15.9. The van der Waals surface area contributed by atoms with Gasteiger partial charge < -0.3 is 20.3 Å². The number of alkyl carbamates (subject to hydrolysis) is 1. The number of thioether (sulfide) groups is 1. The summed E-state index contributed by atoms with van der Waals surface area (Å²) in [4.78, 5) is 40.4. The van der Waals surface area contributed by atoms with E-state index in [0.29, 0.717) is 4.90 Å². The second kappa shape index (κ2) is 12.1. The average Bonchev–Trinajstić information content (AvgIpc) is 2.92. The Kier molecular flexibility index (Phi) is 9.29. The minimum absolute atomic E-state index is 0.0675. The lowest BCUT2D eigenvalue weighted by atomic mass is 10.1. The van der Waals surface area contributed by atoms with Crippen molar-refractivity contribution in [3.05, 3.63) is 59.4 Å². The zero-order valence-corrected chi connectivity index (χ0v) is 22.0. The summed E-state index contributed by atoms with van der Waals surface area (Å²) < 4.78 is 57.4. The number of halogens is 4. The van der Waals surface area contributed by atoms with Crippen molar-refractivity contribution in [2.45, 2.75) is 62.9 Å². The van der Waals surface area contributed by atoms with Crippen LogP contribution in [0.5, 0.6) is 0 Å². The Balaban J connectivity index is 1.90. The standard InChI is InChI=1S/C26H29F4N3O4S/c1-25(2,3)37-24(36)32-19-15-38-21-13-18(27)17(22(34)31-11-7-10-26(28,29)30)12-20(21)33(23(19)35)14-16-8-5-4-6-9-16/h4-6,8-9,12-13,19H,7,10-11,14-15H2,1-3H3,(H,31,34)(H,32,36)/t19-/m0/s1. The van der Waals surface area contributed by atoms with E-state index in [-0.39, 0.29) is 31.0 Å². The molecule has 0 saturated carbocycles. The Morgan fingerprint density at radius 1 is 1.13 bits per heavy atom. The summed E-state index contributed by atoms with van der Waals surface area (Å²) >= 11 is 1.12. The maximum atomic E-state index is 15.0. The molecule has 2 aromatic rings. The Morgan fingerprint density at radius 3 is 2.45 bits per heavy atom. The molecule has 1 aliphatic rings. The SMILES string of the molecule is CC(C)(C)OC(=O)N[C@H]1CSc2cc(F)c(C(=O)NCCCC(F)(F)F)cc2N(Cc2ccccc2)C1=O. The zero-order chi connectivity index (χ0) is 28.1. The van der Waals surface area contributed by atoms with Crippen molar-refractivity contribution in [3.63, 3.8) is 0 Å². The van der Waals surface area contributed by atoms with Gasteiger partial charge in [0.15, 0.2) is 0 Å². The topological polar surface area (TPSA) is 87.7 Å². The van der Waals surface area contributed by atoms with Crippen LogP contribution in [0, 0.1) is 5.82 Å². The fourth-order valence-electron chi connectivity index (χ4n) is 3.66. The van der Waals surface area contributed by atoms with Crippen LogP contribution in [0.1, 0.15) is 49.5 Å². The van der Waals surface area contributed by atoms with Crippen molar-refractivity contribution < 1.29 is 36.7 Å². The average molecular weight is 556 g/mol. The van der Waals surface area contributed by atoms with Crippen molar-refractivity contribution in [3.8, 4) is 0 Å². The van der Waals surface area contributed by atoms with Crippen LogP contribution >= 0.6 is 11.8 Å². The number of carbonyl (C=O) groups is 3. The smallest absolute Gasteiger partial charge is 0.408 e. The Labute approximate surface area is 222 Å². The van der Waals surface area contributed by atoms with Crippen LogP contribution in [0.2, 0.25) is 0 Å². The largest absolute Gasteiger partial charge is 0.444 e. The predicted molar refractivity (Wildman–Crippen MR) is 136 cm³/mol. The third-order valence-electron chi connectivity index (χ3n) is 5.35. The molecule has 12 heteroatoms. The number of hydrogen-bond acceptors (Lipinski definition) is 5. The summed E-state index contributed by atoms with van der Waals surface area (Å²) in [6.07, 6.45) is -6.58. The van der Waals surface area contributed by atoms with Crippen molar-refractivity contribution in [2.75, 3.05) is 17.2 Å². The third-order valence-corrected chi connectivity index (χ3v) is 6.49. The molecule has 38 heavy (non-hydrogen) atoms. The number of alkyl halides is 3. The van der Waals surface area contributed by atoms with E-state index in [4.69, 9.17) is 4.74 Å². The number of ether oxygens (including phenoxy) is 1. The molecule has 206 valence electrons. The highest BCUT2D eigenvalue weighted by atomic mass is 32.2. The Bertz CT molecular complexity index is 1170. The van der Waals surface area contributed by atoms with E-state index in [1.807, 2.05) is 0 Å². The van der Waals surface area contributed by atoms with E-state index in [0.717, 1.165) is 23.4 Å². The molecule has 7 nitrogen and oxygen atoms in total. The molecule has 1 heterocycles. The fourth-order valence-corrected chi connectivity index (χ4v) is 4.74. The summed E-state index contributed by atoms with van der Waals surface area (Å²) in [5.74, 6) is -2.18. The van der Waals surface area contributed by atoms with E-state index >= 15 is 0 Å². The Hall–Kier alpha value is -3.28. The molecular weight excluding hydrogens is 526 g/mol. The quantitative estimate of drug-likeness (QED) is 0.352. The molecule has 0 radical (unpaired) electrons. The molecule has 0 unspecified atom stereocenters. The first-order chi connectivity index (χ1) is 17.7. The van der Waals surface area contributed by atoms with Crippen LogP contribution < -0.4 is 15.5 Å². The van der Waals surface area contributed by atoms with Crippen LogP contribution in [0.25, 0.3) is 0 Å². The zero-order valence-electron chi connectivity index (χ0n) is 21.2. The van der Waals surface area contributed by atoms with Gasteiger partial charge >= 0.3 is 12.3 Å². The van der Waals surface area contributed by atoms with E-state index in [9.17, 15) is 31.9 Å². The number of benzene rings is 2. The molecule has 0 spiro atoms. The summed E-state index contributed by atoms with van der Waals surface area (Å²) in [6.45, 7) is 4.83. The maximum absolute atomic E-state index is 15.0. The maximum Gasteiger partial charge on any atom is 0.408 e. The first-order valence-electron chi connectivity index (χ1n) is 11.9. The van der Waals surface area contributed by atoms with Gasteiger partial charge in [-0.15, -0.1) is 11.8 Å². The van der Waals surface area contributed by atoms with Gasteiger partial charge in [0.2, 0.25) is 0 Å². The highest BCUT2D eigenvalue weighted by Gasteiger charge is 2.34. The van der Waals surface area contributed by atoms with Gasteiger partial charge in [0, 0.05) is 23.6 Å². The number of anilines is 1. The molecule has 2 N–H and O–H groups in total. The van der Waals surface area contributed by atoms with E-state index in [1.165, 1.54) is 11.0 Å². The molecule has 2 aromatic carbocycles. The second-order valence-corrected chi connectivity index (χ2v) is 10.8. The molecule has 0 aliphatic carbocycles. The van der Waals surface area contributed by atoms with Gasteiger partial charge in [0.25, 0.3) is 11.8 Å².